The molecule has 8 heteroatoms. The van der Waals surface area contributed by atoms with Crippen LogP contribution in [0.25, 0.3) is 10.9 Å². The van der Waals surface area contributed by atoms with Crippen molar-refractivity contribution in [3.63, 3.8) is 0 Å². The Morgan fingerprint density at radius 1 is 1.10 bits per heavy atom. The fourth-order valence-electron chi connectivity index (χ4n) is 5.17. The highest BCUT2D eigenvalue weighted by molar-refractivity contribution is 6.30. The minimum atomic E-state index is -0.861. The molecule has 1 unspecified atom stereocenters. The van der Waals surface area contributed by atoms with Gasteiger partial charge in [-0.05, 0) is 66.9 Å². The number of para-hydroxylation sites is 1. The van der Waals surface area contributed by atoms with Crippen molar-refractivity contribution in [3.05, 3.63) is 106 Å². The van der Waals surface area contributed by atoms with Crippen LogP contribution < -0.4 is 5.32 Å². The van der Waals surface area contributed by atoms with Crippen LogP contribution in [0.5, 0.6) is 0 Å². The zero-order chi connectivity index (χ0) is 28.1. The lowest BCUT2D eigenvalue weighted by Crippen LogP contribution is -2.48. The minimum absolute atomic E-state index is 0.249. The molecule has 1 aliphatic rings. The Balaban J connectivity index is 1.29. The summed E-state index contributed by atoms with van der Waals surface area (Å²) in [7, 11) is 0. The maximum Gasteiger partial charge on any atom is 0.240 e. The van der Waals surface area contributed by atoms with Gasteiger partial charge < -0.3 is 20.5 Å². The van der Waals surface area contributed by atoms with Crippen LogP contribution in [0.4, 0.5) is 0 Å². The van der Waals surface area contributed by atoms with Gasteiger partial charge >= 0.3 is 0 Å². The third-order valence-electron chi connectivity index (χ3n) is 7.18. The molecule has 3 aromatic carbocycles. The van der Waals surface area contributed by atoms with E-state index in [1.807, 2.05) is 60.8 Å². The Kier molecular flexibility index (Phi) is 8.85. The van der Waals surface area contributed by atoms with Crippen LogP contribution in [-0.4, -0.2) is 57.6 Å². The SMILES string of the molecule is CC(O)[C@H]1ON(Cc2cccc(C#Cc3ccc(Cl)cc3)c2)[C@@H](C(=O)NCCc2c[nH]c3ccccc23)[C@H]1CO. The van der Waals surface area contributed by atoms with Gasteiger partial charge in [-0.25, -0.2) is 0 Å². The maximum atomic E-state index is 13.5. The van der Waals surface area contributed by atoms with Gasteiger partial charge in [0.1, 0.15) is 12.1 Å². The van der Waals surface area contributed by atoms with Crippen molar-refractivity contribution < 1.29 is 19.8 Å². The fourth-order valence-corrected chi connectivity index (χ4v) is 5.30. The molecule has 40 heavy (non-hydrogen) atoms. The number of aromatic nitrogens is 1. The van der Waals surface area contributed by atoms with E-state index in [1.54, 1.807) is 24.1 Å². The van der Waals surface area contributed by atoms with Gasteiger partial charge in [-0.1, -0.05) is 53.8 Å². The number of aliphatic hydroxyl groups is 2. The largest absolute Gasteiger partial charge is 0.396 e. The number of rotatable bonds is 8. The number of nitrogens with one attached hydrogen (secondary N) is 2. The maximum absolute atomic E-state index is 13.5. The molecule has 0 aliphatic carbocycles. The molecule has 4 atom stereocenters. The Hall–Kier alpha value is -3.64. The number of fused-ring (bicyclic) bond motifs is 1. The lowest BCUT2D eigenvalue weighted by molar-refractivity contribution is -0.192. The molecule has 4 N–H and O–H groups in total. The predicted octanol–water partition coefficient (Wildman–Crippen LogP) is 4.05. The summed E-state index contributed by atoms with van der Waals surface area (Å²) in [4.78, 5) is 22.8. The first-order chi connectivity index (χ1) is 19.4. The first-order valence-corrected chi connectivity index (χ1v) is 13.7. The first kappa shape index (κ1) is 27.9. The first-order valence-electron chi connectivity index (χ1n) is 13.3. The van der Waals surface area contributed by atoms with E-state index in [0.717, 1.165) is 33.2 Å². The highest BCUT2D eigenvalue weighted by Crippen LogP contribution is 2.31. The molecule has 1 aromatic heterocycles. The summed E-state index contributed by atoms with van der Waals surface area (Å²) in [5.41, 5.74) is 4.74. The average Bonchev–Trinajstić information content (AvgIpc) is 3.54. The van der Waals surface area contributed by atoms with Crippen molar-refractivity contribution >= 4 is 28.4 Å². The highest BCUT2D eigenvalue weighted by Gasteiger charge is 2.48. The molecule has 2 heterocycles. The quantitative estimate of drug-likeness (QED) is 0.245. The van der Waals surface area contributed by atoms with E-state index in [4.69, 9.17) is 16.4 Å². The van der Waals surface area contributed by atoms with Crippen LogP contribution in [0.3, 0.4) is 0 Å². The number of hydroxylamine groups is 2. The summed E-state index contributed by atoms with van der Waals surface area (Å²) in [6, 6.07) is 22.3. The predicted molar refractivity (Wildman–Crippen MR) is 155 cm³/mol. The standard InChI is InChI=1S/C32H32ClN3O4/c1-21(38)31-28(20-37)30(32(39)34-16-15-25-18-35-29-8-3-2-7-27(25)29)36(40-31)19-24-6-4-5-23(17-24)10-9-22-11-13-26(33)14-12-22/h2-8,11-14,17-18,21,28,30-31,35,37-38H,15-16,19-20H2,1H3,(H,34,39)/t21?,28-,30-,31-/m1/s1. The molecule has 0 saturated carbocycles. The molecule has 5 rings (SSSR count). The molecule has 1 amide bonds. The summed E-state index contributed by atoms with van der Waals surface area (Å²) < 4.78 is 0. The van der Waals surface area contributed by atoms with Gasteiger partial charge in [-0.3, -0.25) is 9.63 Å². The van der Waals surface area contributed by atoms with Crippen LogP contribution in [-0.2, 0) is 22.6 Å². The van der Waals surface area contributed by atoms with Gasteiger partial charge in [-0.2, -0.15) is 5.06 Å². The second kappa shape index (κ2) is 12.7. The smallest absolute Gasteiger partial charge is 0.240 e. The van der Waals surface area contributed by atoms with E-state index >= 15 is 0 Å². The summed E-state index contributed by atoms with van der Waals surface area (Å²) in [6.45, 7) is 2.03. The zero-order valence-electron chi connectivity index (χ0n) is 22.2. The number of hydrogen-bond donors (Lipinski definition) is 4. The Morgan fingerprint density at radius 3 is 2.65 bits per heavy atom. The molecule has 7 nitrogen and oxygen atoms in total. The molecule has 4 aromatic rings. The van der Waals surface area contributed by atoms with E-state index in [-0.39, 0.29) is 19.1 Å². The third-order valence-corrected chi connectivity index (χ3v) is 7.43. The molecule has 206 valence electrons. The van der Waals surface area contributed by atoms with E-state index in [9.17, 15) is 15.0 Å². The number of nitrogens with zero attached hydrogens (tertiary/aromatic N) is 1. The van der Waals surface area contributed by atoms with Crippen molar-refractivity contribution in [1.82, 2.24) is 15.4 Å². The van der Waals surface area contributed by atoms with Crippen LogP contribution >= 0.6 is 11.6 Å². The van der Waals surface area contributed by atoms with Gasteiger partial charge in [0.2, 0.25) is 5.91 Å². The second-order valence-electron chi connectivity index (χ2n) is 10.0. The van der Waals surface area contributed by atoms with Gasteiger partial charge in [0, 0.05) is 45.7 Å². The normalized spacial score (nSPS) is 19.8. The van der Waals surface area contributed by atoms with Crippen molar-refractivity contribution in [3.8, 4) is 11.8 Å². The zero-order valence-corrected chi connectivity index (χ0v) is 22.9. The van der Waals surface area contributed by atoms with Crippen molar-refractivity contribution in [2.24, 2.45) is 5.92 Å². The van der Waals surface area contributed by atoms with Crippen LogP contribution in [0.1, 0.15) is 29.2 Å². The van der Waals surface area contributed by atoms with E-state index in [1.165, 1.54) is 0 Å². The fraction of sp³-hybridized carbons (Fsp3) is 0.281. The van der Waals surface area contributed by atoms with Crippen molar-refractivity contribution in [2.75, 3.05) is 13.2 Å². The number of carbonyl (C=O) groups excluding carboxylic acids is 1. The Bertz CT molecular complexity index is 1520. The molecular weight excluding hydrogens is 526 g/mol. The van der Waals surface area contributed by atoms with E-state index in [2.05, 4.69) is 28.2 Å². The number of aliphatic hydroxyl groups excluding tert-OH is 2. The lowest BCUT2D eigenvalue weighted by atomic mass is 9.92. The molecular formula is C32H32ClN3O4. The number of H-pyrrole nitrogens is 1. The van der Waals surface area contributed by atoms with Crippen LogP contribution in [0.2, 0.25) is 5.02 Å². The van der Waals surface area contributed by atoms with Gasteiger partial charge in [0.15, 0.2) is 0 Å². The summed E-state index contributed by atoms with van der Waals surface area (Å²) in [5.74, 6) is 5.47. The average molecular weight is 558 g/mol. The second-order valence-corrected chi connectivity index (χ2v) is 10.5. The Morgan fingerprint density at radius 2 is 1.88 bits per heavy atom. The lowest BCUT2D eigenvalue weighted by Gasteiger charge is -2.24. The van der Waals surface area contributed by atoms with Gasteiger partial charge in [0.05, 0.1) is 19.3 Å². The number of amides is 1. The number of halogens is 1. The van der Waals surface area contributed by atoms with Gasteiger partial charge in [-0.15, -0.1) is 0 Å². The number of aromatic amines is 1. The van der Waals surface area contributed by atoms with E-state index < -0.39 is 24.2 Å². The molecule has 1 fully saturated rings. The molecule has 1 saturated heterocycles. The molecule has 0 bridgehead atoms. The van der Waals surface area contributed by atoms with Crippen LogP contribution in [0.15, 0.2) is 79.0 Å². The van der Waals surface area contributed by atoms with Crippen LogP contribution in [0, 0.1) is 17.8 Å². The van der Waals surface area contributed by atoms with E-state index in [0.29, 0.717) is 18.0 Å². The van der Waals surface area contributed by atoms with Crippen molar-refractivity contribution in [2.45, 2.75) is 38.1 Å². The highest BCUT2D eigenvalue weighted by atomic mass is 35.5. The van der Waals surface area contributed by atoms with Crippen molar-refractivity contribution in [1.29, 1.82) is 0 Å². The Labute approximate surface area is 238 Å². The number of benzene rings is 3. The molecule has 0 radical (unpaired) electrons. The number of carbonyl (C=O) groups is 1. The van der Waals surface area contributed by atoms with Gasteiger partial charge in [0.25, 0.3) is 0 Å². The number of hydrogen-bond acceptors (Lipinski definition) is 5. The third kappa shape index (κ3) is 6.39. The summed E-state index contributed by atoms with van der Waals surface area (Å²) in [6.07, 6.45) is 1.05. The molecule has 1 aliphatic heterocycles. The monoisotopic (exact) mass is 557 g/mol. The minimum Gasteiger partial charge on any atom is -0.396 e. The molecule has 0 spiro atoms. The summed E-state index contributed by atoms with van der Waals surface area (Å²) >= 11 is 5.96. The topological polar surface area (TPSA) is 97.8 Å². The summed E-state index contributed by atoms with van der Waals surface area (Å²) in [5, 5.41) is 26.9.